The summed E-state index contributed by atoms with van der Waals surface area (Å²) in [5, 5.41) is 0.935. The first-order valence-corrected chi connectivity index (χ1v) is 7.01. The first kappa shape index (κ1) is 11.8. The number of nitrogens with zero attached hydrogens (tertiary/aromatic N) is 2. The zero-order valence-electron chi connectivity index (χ0n) is 9.61. The van der Waals surface area contributed by atoms with Crippen molar-refractivity contribution in [3.05, 3.63) is 33.6 Å². The maximum absolute atomic E-state index is 5.62. The normalized spacial score (nSPS) is 11.3. The summed E-state index contributed by atoms with van der Waals surface area (Å²) in [6, 6.07) is 5.89. The molecule has 6 heteroatoms. The van der Waals surface area contributed by atoms with E-state index in [1.54, 1.807) is 11.3 Å². The van der Waals surface area contributed by atoms with Gasteiger partial charge in [-0.25, -0.2) is 9.97 Å². The largest absolute Gasteiger partial charge is 0.441 e. The lowest BCUT2D eigenvalue weighted by Crippen LogP contribution is -1.96. The molecule has 0 fully saturated rings. The predicted molar refractivity (Wildman–Crippen MR) is 75.4 cm³/mol. The zero-order chi connectivity index (χ0) is 12.7. The van der Waals surface area contributed by atoms with Crippen molar-refractivity contribution in [1.29, 1.82) is 0 Å². The summed E-state index contributed by atoms with van der Waals surface area (Å²) < 4.78 is 6.43. The lowest BCUT2D eigenvalue weighted by Gasteiger charge is -1.94. The molecule has 92 valence electrons. The molecule has 0 unspecified atom stereocenters. The number of nitrogens with two attached hydrogens (primary N) is 1. The summed E-state index contributed by atoms with van der Waals surface area (Å²) in [6.07, 6.45) is 0. The van der Waals surface area contributed by atoms with Crippen molar-refractivity contribution < 1.29 is 4.42 Å². The van der Waals surface area contributed by atoms with Crippen molar-refractivity contribution in [2.24, 2.45) is 5.73 Å². The van der Waals surface area contributed by atoms with Gasteiger partial charge in [-0.15, -0.1) is 11.3 Å². The minimum Gasteiger partial charge on any atom is -0.441 e. The molecule has 0 saturated carbocycles. The molecular formula is C12H10BrN3OS. The fourth-order valence-corrected chi connectivity index (χ4v) is 3.29. The van der Waals surface area contributed by atoms with Crippen LogP contribution in [0.5, 0.6) is 0 Å². The molecule has 4 nitrogen and oxygen atoms in total. The van der Waals surface area contributed by atoms with E-state index in [0.717, 1.165) is 31.2 Å². The van der Waals surface area contributed by atoms with Crippen LogP contribution in [0.4, 0.5) is 0 Å². The van der Waals surface area contributed by atoms with Gasteiger partial charge < -0.3 is 10.2 Å². The molecule has 2 aromatic heterocycles. The number of aromatic nitrogens is 2. The van der Waals surface area contributed by atoms with E-state index in [4.69, 9.17) is 10.2 Å². The Morgan fingerprint density at radius 3 is 2.94 bits per heavy atom. The minimum atomic E-state index is 0.433. The van der Waals surface area contributed by atoms with Gasteiger partial charge in [0.2, 0.25) is 0 Å². The van der Waals surface area contributed by atoms with Crippen molar-refractivity contribution in [3.8, 4) is 10.6 Å². The number of thiazole rings is 1. The average Bonchev–Trinajstić information content (AvgIpc) is 2.89. The van der Waals surface area contributed by atoms with E-state index in [9.17, 15) is 0 Å². The zero-order valence-corrected chi connectivity index (χ0v) is 12.0. The lowest BCUT2D eigenvalue weighted by molar-refractivity contribution is 0.561. The van der Waals surface area contributed by atoms with Crippen LogP contribution in [-0.2, 0) is 6.54 Å². The predicted octanol–water partition coefficient (Wildman–Crippen LogP) is 3.48. The summed E-state index contributed by atoms with van der Waals surface area (Å²) in [6.45, 7) is 2.27. The maximum atomic E-state index is 5.62. The Morgan fingerprint density at radius 1 is 1.39 bits per heavy atom. The molecule has 2 N–H and O–H groups in total. The Labute approximate surface area is 116 Å². The van der Waals surface area contributed by atoms with Gasteiger partial charge in [0.15, 0.2) is 11.5 Å². The van der Waals surface area contributed by atoms with Crippen LogP contribution in [0.3, 0.4) is 0 Å². The molecule has 0 spiro atoms. The van der Waals surface area contributed by atoms with Gasteiger partial charge in [0, 0.05) is 19.0 Å². The summed E-state index contributed by atoms with van der Waals surface area (Å²) in [7, 11) is 0. The van der Waals surface area contributed by atoms with Crippen LogP contribution in [0.1, 0.15) is 11.6 Å². The molecule has 0 saturated heterocycles. The molecule has 3 rings (SSSR count). The Bertz CT molecular complexity index is 719. The van der Waals surface area contributed by atoms with E-state index < -0.39 is 0 Å². The van der Waals surface area contributed by atoms with Crippen molar-refractivity contribution in [2.75, 3.05) is 0 Å². The third-order valence-electron chi connectivity index (χ3n) is 2.58. The first-order valence-electron chi connectivity index (χ1n) is 5.40. The highest BCUT2D eigenvalue weighted by Gasteiger charge is 2.11. The van der Waals surface area contributed by atoms with Gasteiger partial charge in [-0.2, -0.15) is 0 Å². The van der Waals surface area contributed by atoms with Crippen LogP contribution in [-0.4, -0.2) is 9.97 Å². The van der Waals surface area contributed by atoms with Crippen molar-refractivity contribution >= 4 is 38.4 Å². The van der Waals surface area contributed by atoms with Crippen LogP contribution in [0.2, 0.25) is 0 Å². The summed E-state index contributed by atoms with van der Waals surface area (Å²) in [5.41, 5.74) is 9.18. The van der Waals surface area contributed by atoms with E-state index in [1.807, 2.05) is 25.1 Å². The number of oxazole rings is 1. The van der Waals surface area contributed by atoms with E-state index in [-0.39, 0.29) is 0 Å². The molecular weight excluding hydrogens is 314 g/mol. The highest BCUT2D eigenvalue weighted by atomic mass is 79.9. The number of hydrogen-bond donors (Lipinski definition) is 1. The maximum Gasteiger partial charge on any atom is 0.192 e. The third-order valence-corrected chi connectivity index (χ3v) is 4.46. The Balaban J connectivity index is 2.12. The molecule has 0 aliphatic carbocycles. The molecule has 2 heterocycles. The molecule has 0 bridgehead atoms. The third kappa shape index (κ3) is 1.96. The topological polar surface area (TPSA) is 64.9 Å². The molecule has 3 aromatic rings. The number of hydrogen-bond acceptors (Lipinski definition) is 5. The summed E-state index contributed by atoms with van der Waals surface area (Å²) in [5.74, 6) is 0.671. The number of halogens is 1. The average molecular weight is 324 g/mol. The Morgan fingerprint density at radius 2 is 2.22 bits per heavy atom. The van der Waals surface area contributed by atoms with Crippen LogP contribution >= 0.6 is 27.3 Å². The molecule has 18 heavy (non-hydrogen) atoms. The second-order valence-corrected chi connectivity index (χ2v) is 6.18. The van der Waals surface area contributed by atoms with Crippen molar-refractivity contribution in [3.63, 3.8) is 0 Å². The number of benzene rings is 1. The molecule has 0 aliphatic heterocycles. The summed E-state index contributed by atoms with van der Waals surface area (Å²) in [4.78, 5) is 8.82. The number of fused-ring (bicyclic) bond motifs is 1. The first-order chi connectivity index (χ1) is 8.67. The fourth-order valence-electron chi connectivity index (χ4n) is 1.76. The van der Waals surface area contributed by atoms with Gasteiger partial charge in [0.25, 0.3) is 0 Å². The van der Waals surface area contributed by atoms with Crippen LogP contribution < -0.4 is 5.73 Å². The van der Waals surface area contributed by atoms with Gasteiger partial charge in [0.05, 0.1) is 9.48 Å². The van der Waals surface area contributed by atoms with Crippen LogP contribution in [0.25, 0.3) is 21.7 Å². The molecule has 0 amide bonds. The molecule has 0 radical (unpaired) electrons. The smallest absolute Gasteiger partial charge is 0.192 e. The van der Waals surface area contributed by atoms with E-state index >= 15 is 0 Å². The van der Waals surface area contributed by atoms with Crippen LogP contribution in [0, 0.1) is 6.92 Å². The van der Waals surface area contributed by atoms with Gasteiger partial charge >= 0.3 is 0 Å². The summed E-state index contributed by atoms with van der Waals surface area (Å²) >= 11 is 5.04. The van der Waals surface area contributed by atoms with Gasteiger partial charge in [-0.3, -0.25) is 0 Å². The number of aryl methyl sites for hydroxylation is 1. The van der Waals surface area contributed by atoms with E-state index in [0.29, 0.717) is 12.4 Å². The quantitative estimate of drug-likeness (QED) is 0.784. The number of rotatable bonds is 2. The highest BCUT2D eigenvalue weighted by molar-refractivity contribution is 9.11. The van der Waals surface area contributed by atoms with Crippen LogP contribution in [0.15, 0.2) is 26.4 Å². The Hall–Kier alpha value is -1.24. The molecule has 0 aliphatic rings. The van der Waals surface area contributed by atoms with Crippen molar-refractivity contribution in [2.45, 2.75) is 13.5 Å². The van der Waals surface area contributed by atoms with Gasteiger partial charge in [-0.05, 0) is 34.1 Å². The van der Waals surface area contributed by atoms with E-state index in [2.05, 4.69) is 25.9 Å². The SMILES string of the molecule is Cc1nc2cc(-c3nc(CN)c(Br)s3)ccc2o1. The fraction of sp³-hybridized carbons (Fsp3) is 0.167. The second kappa shape index (κ2) is 4.46. The monoisotopic (exact) mass is 323 g/mol. The van der Waals surface area contributed by atoms with Gasteiger partial charge in [-0.1, -0.05) is 0 Å². The van der Waals surface area contributed by atoms with Crippen molar-refractivity contribution in [1.82, 2.24) is 9.97 Å². The Kier molecular flexibility index (Phi) is 2.93. The standard InChI is InChI=1S/C12H10BrN3OS/c1-6-15-8-4-7(2-3-10(8)17-6)12-16-9(5-14)11(13)18-12/h2-4H,5,14H2,1H3. The molecule has 0 atom stereocenters. The molecule has 1 aromatic carbocycles. The van der Waals surface area contributed by atoms with Gasteiger partial charge in [0.1, 0.15) is 10.5 Å². The highest BCUT2D eigenvalue weighted by Crippen LogP contribution is 2.33. The second-order valence-electron chi connectivity index (χ2n) is 3.86. The minimum absolute atomic E-state index is 0.433. The van der Waals surface area contributed by atoms with E-state index in [1.165, 1.54) is 0 Å². The lowest BCUT2D eigenvalue weighted by atomic mass is 10.2.